The summed E-state index contributed by atoms with van der Waals surface area (Å²) in [7, 11) is 0. The number of rotatable bonds is 6. The molecular formula is C7H9N3O4S. The molecule has 0 saturated carbocycles. The SMILES string of the molecule is O=C(O)CSCC(=O)NCc1ncon1. The summed E-state index contributed by atoms with van der Waals surface area (Å²) in [4.78, 5) is 25.0. The lowest BCUT2D eigenvalue weighted by molar-refractivity contribution is -0.133. The average molecular weight is 231 g/mol. The van der Waals surface area contributed by atoms with Crippen LogP contribution < -0.4 is 5.32 Å². The van der Waals surface area contributed by atoms with E-state index >= 15 is 0 Å². The summed E-state index contributed by atoms with van der Waals surface area (Å²) in [6.07, 6.45) is 1.17. The Hall–Kier alpha value is -1.57. The van der Waals surface area contributed by atoms with Gasteiger partial charge in [-0.05, 0) is 0 Å². The lowest BCUT2D eigenvalue weighted by Crippen LogP contribution is -2.25. The minimum absolute atomic E-state index is 0.0877. The number of amides is 1. The van der Waals surface area contributed by atoms with Crippen molar-refractivity contribution in [2.75, 3.05) is 11.5 Å². The van der Waals surface area contributed by atoms with Gasteiger partial charge in [-0.3, -0.25) is 9.59 Å². The minimum atomic E-state index is -0.939. The molecule has 2 N–H and O–H groups in total. The van der Waals surface area contributed by atoms with Crippen molar-refractivity contribution < 1.29 is 19.2 Å². The first-order valence-electron chi connectivity index (χ1n) is 4.00. The van der Waals surface area contributed by atoms with Gasteiger partial charge in [0.15, 0.2) is 5.82 Å². The van der Waals surface area contributed by atoms with Gasteiger partial charge in [0, 0.05) is 0 Å². The van der Waals surface area contributed by atoms with E-state index in [9.17, 15) is 9.59 Å². The largest absolute Gasteiger partial charge is 0.481 e. The highest BCUT2D eigenvalue weighted by atomic mass is 32.2. The fraction of sp³-hybridized carbons (Fsp3) is 0.429. The van der Waals surface area contributed by atoms with E-state index in [2.05, 4.69) is 20.0 Å². The number of aliphatic carboxylic acids is 1. The van der Waals surface area contributed by atoms with Crippen molar-refractivity contribution in [1.29, 1.82) is 0 Å². The van der Waals surface area contributed by atoms with Crippen molar-refractivity contribution >= 4 is 23.6 Å². The summed E-state index contributed by atoms with van der Waals surface area (Å²) in [6, 6.07) is 0. The van der Waals surface area contributed by atoms with Gasteiger partial charge in [-0.2, -0.15) is 4.98 Å². The molecule has 0 spiro atoms. The van der Waals surface area contributed by atoms with Crippen LogP contribution in [0.1, 0.15) is 5.82 Å². The van der Waals surface area contributed by atoms with E-state index < -0.39 is 5.97 Å². The molecule has 8 heteroatoms. The van der Waals surface area contributed by atoms with Crippen LogP contribution >= 0.6 is 11.8 Å². The standard InChI is InChI=1S/C7H9N3O4S/c11-6(2-15-3-7(12)13)8-1-5-9-4-14-10-5/h4H,1-3H2,(H,8,11)(H,12,13). The first kappa shape index (κ1) is 11.5. The van der Waals surface area contributed by atoms with E-state index in [1.54, 1.807) is 0 Å². The molecule has 15 heavy (non-hydrogen) atoms. The second-order valence-corrected chi connectivity index (χ2v) is 3.50. The Labute approximate surface area is 89.2 Å². The zero-order valence-electron chi connectivity index (χ0n) is 7.67. The molecule has 0 aliphatic carbocycles. The molecule has 0 saturated heterocycles. The summed E-state index contributed by atoms with van der Waals surface area (Å²) in [5.41, 5.74) is 0. The van der Waals surface area contributed by atoms with Crippen LogP contribution in [0.2, 0.25) is 0 Å². The predicted octanol–water partition coefficient (Wildman–Crippen LogP) is -0.496. The molecule has 0 fully saturated rings. The van der Waals surface area contributed by atoms with Crippen LogP contribution in [0.3, 0.4) is 0 Å². The molecule has 1 aromatic rings. The quantitative estimate of drug-likeness (QED) is 0.680. The maximum absolute atomic E-state index is 11.1. The second-order valence-electron chi connectivity index (χ2n) is 2.51. The Morgan fingerprint density at radius 1 is 1.53 bits per heavy atom. The number of hydrogen-bond donors (Lipinski definition) is 2. The lowest BCUT2D eigenvalue weighted by atomic mass is 10.5. The van der Waals surface area contributed by atoms with E-state index in [1.165, 1.54) is 6.39 Å². The number of carbonyl (C=O) groups excluding carboxylic acids is 1. The van der Waals surface area contributed by atoms with Gasteiger partial charge in [-0.1, -0.05) is 5.16 Å². The lowest BCUT2D eigenvalue weighted by Gasteiger charge is -2.00. The number of nitrogens with one attached hydrogen (secondary N) is 1. The van der Waals surface area contributed by atoms with Crippen molar-refractivity contribution in [3.63, 3.8) is 0 Å². The normalized spacial score (nSPS) is 9.87. The van der Waals surface area contributed by atoms with E-state index in [0.717, 1.165) is 11.8 Å². The third-order valence-electron chi connectivity index (χ3n) is 1.31. The highest BCUT2D eigenvalue weighted by Crippen LogP contribution is 1.98. The molecule has 1 rings (SSSR count). The summed E-state index contributed by atoms with van der Waals surface area (Å²) in [5.74, 6) is -0.802. The Balaban J connectivity index is 2.11. The van der Waals surface area contributed by atoms with Gasteiger partial charge in [-0.15, -0.1) is 11.8 Å². The molecule has 82 valence electrons. The van der Waals surface area contributed by atoms with Crippen LogP contribution in [0.5, 0.6) is 0 Å². The second kappa shape index (κ2) is 6.02. The Kier molecular flexibility index (Phi) is 4.61. The third kappa shape index (κ3) is 5.01. The maximum Gasteiger partial charge on any atom is 0.313 e. The molecule has 0 bridgehead atoms. The van der Waals surface area contributed by atoms with Gasteiger partial charge < -0.3 is 14.9 Å². The summed E-state index contributed by atoms with van der Waals surface area (Å²) < 4.78 is 4.46. The van der Waals surface area contributed by atoms with E-state index in [-0.39, 0.29) is 24.0 Å². The highest BCUT2D eigenvalue weighted by Gasteiger charge is 2.05. The summed E-state index contributed by atoms with van der Waals surface area (Å²) >= 11 is 1.03. The summed E-state index contributed by atoms with van der Waals surface area (Å²) in [6.45, 7) is 0.183. The molecule has 0 radical (unpaired) electrons. The van der Waals surface area contributed by atoms with E-state index in [1.807, 2.05) is 0 Å². The van der Waals surface area contributed by atoms with Crippen molar-refractivity contribution in [3.05, 3.63) is 12.2 Å². The van der Waals surface area contributed by atoms with Crippen molar-refractivity contribution in [2.24, 2.45) is 0 Å². The monoisotopic (exact) mass is 231 g/mol. The summed E-state index contributed by atoms with van der Waals surface area (Å²) in [5, 5.41) is 14.3. The molecule has 0 aliphatic heterocycles. The van der Waals surface area contributed by atoms with Gasteiger partial charge in [-0.25, -0.2) is 0 Å². The molecule has 0 aromatic carbocycles. The number of carbonyl (C=O) groups is 2. The van der Waals surface area contributed by atoms with Crippen LogP contribution in [0.4, 0.5) is 0 Å². The average Bonchev–Trinajstić information content (AvgIpc) is 2.66. The van der Waals surface area contributed by atoms with E-state index in [4.69, 9.17) is 5.11 Å². The number of carboxylic acids is 1. The highest BCUT2D eigenvalue weighted by molar-refractivity contribution is 8.00. The van der Waals surface area contributed by atoms with Crippen molar-refractivity contribution in [3.8, 4) is 0 Å². The number of hydrogen-bond acceptors (Lipinski definition) is 6. The van der Waals surface area contributed by atoms with Crippen LogP contribution in [-0.4, -0.2) is 38.6 Å². The first-order chi connectivity index (χ1) is 7.18. The molecule has 0 aliphatic rings. The number of carboxylic acid groups (broad SMARTS) is 1. The molecule has 1 aromatic heterocycles. The van der Waals surface area contributed by atoms with Gasteiger partial charge >= 0.3 is 5.97 Å². The molecule has 0 unspecified atom stereocenters. The van der Waals surface area contributed by atoms with Gasteiger partial charge in [0.25, 0.3) is 0 Å². The molecule has 1 heterocycles. The maximum atomic E-state index is 11.1. The fourth-order valence-corrected chi connectivity index (χ4v) is 1.29. The van der Waals surface area contributed by atoms with Crippen LogP contribution in [0.15, 0.2) is 10.9 Å². The molecular weight excluding hydrogens is 222 g/mol. The smallest absolute Gasteiger partial charge is 0.313 e. The van der Waals surface area contributed by atoms with Gasteiger partial charge in [0.1, 0.15) is 0 Å². The topological polar surface area (TPSA) is 105 Å². The van der Waals surface area contributed by atoms with Crippen LogP contribution in [0.25, 0.3) is 0 Å². The van der Waals surface area contributed by atoms with Gasteiger partial charge in [0.05, 0.1) is 18.1 Å². The van der Waals surface area contributed by atoms with Crippen LogP contribution in [-0.2, 0) is 16.1 Å². The molecule has 7 nitrogen and oxygen atoms in total. The zero-order chi connectivity index (χ0) is 11.1. The molecule has 1 amide bonds. The number of thioether (sulfide) groups is 1. The Morgan fingerprint density at radius 3 is 2.93 bits per heavy atom. The molecule has 0 atom stereocenters. The van der Waals surface area contributed by atoms with Gasteiger partial charge in [0.2, 0.25) is 12.3 Å². The third-order valence-corrected chi connectivity index (χ3v) is 2.23. The Bertz CT molecular complexity index is 327. The number of aromatic nitrogens is 2. The zero-order valence-corrected chi connectivity index (χ0v) is 8.49. The fourth-order valence-electron chi connectivity index (χ4n) is 0.730. The van der Waals surface area contributed by atoms with Crippen molar-refractivity contribution in [1.82, 2.24) is 15.5 Å². The Morgan fingerprint density at radius 2 is 2.33 bits per heavy atom. The predicted molar refractivity (Wildman–Crippen MR) is 51.1 cm³/mol. The van der Waals surface area contributed by atoms with E-state index in [0.29, 0.717) is 5.82 Å². The van der Waals surface area contributed by atoms with Crippen molar-refractivity contribution in [2.45, 2.75) is 6.54 Å². The van der Waals surface area contributed by atoms with Crippen LogP contribution in [0, 0.1) is 0 Å². The minimum Gasteiger partial charge on any atom is -0.481 e. The number of nitrogens with zero attached hydrogens (tertiary/aromatic N) is 2. The first-order valence-corrected chi connectivity index (χ1v) is 5.15.